The predicted octanol–water partition coefficient (Wildman–Crippen LogP) is 3.67. The molecule has 4 atom stereocenters. The Morgan fingerprint density at radius 2 is 2.03 bits per heavy atom. The smallest absolute Gasteiger partial charge is 0.251 e. The van der Waals surface area contributed by atoms with Crippen LogP contribution in [0.3, 0.4) is 0 Å². The number of nitrogens with zero attached hydrogens (tertiary/aromatic N) is 1. The quantitative estimate of drug-likeness (QED) is 0.608. The minimum Gasteiger partial charge on any atom is -0.493 e. The fourth-order valence-electron chi connectivity index (χ4n) is 6.61. The lowest BCUT2D eigenvalue weighted by molar-refractivity contribution is -0.188. The fourth-order valence-corrected chi connectivity index (χ4v) is 6.61. The van der Waals surface area contributed by atoms with E-state index in [1.165, 1.54) is 11.1 Å². The van der Waals surface area contributed by atoms with Gasteiger partial charge in [0.25, 0.3) is 5.91 Å². The van der Waals surface area contributed by atoms with E-state index in [0.717, 1.165) is 43.6 Å². The molecule has 6 rings (SSSR count). The molecule has 0 unspecified atom stereocenters. The highest BCUT2D eigenvalue weighted by molar-refractivity contribution is 5.95. The first kappa shape index (κ1) is 19.9. The first-order chi connectivity index (χ1) is 15.5. The molecule has 1 saturated carbocycles. The molecule has 2 N–H and O–H groups in total. The van der Waals surface area contributed by atoms with Crippen LogP contribution in [0.4, 0.5) is 0 Å². The molecule has 0 spiro atoms. The Kier molecular flexibility index (Phi) is 4.42. The van der Waals surface area contributed by atoms with Crippen LogP contribution in [0, 0.1) is 5.92 Å². The van der Waals surface area contributed by atoms with Gasteiger partial charge in [-0.15, -0.1) is 0 Å². The number of benzene rings is 2. The minimum atomic E-state index is -0.0957. The van der Waals surface area contributed by atoms with Crippen molar-refractivity contribution in [1.82, 2.24) is 10.4 Å². The van der Waals surface area contributed by atoms with Gasteiger partial charge in [0, 0.05) is 35.2 Å². The zero-order valence-corrected chi connectivity index (χ0v) is 18.4. The van der Waals surface area contributed by atoms with Crippen molar-refractivity contribution in [3.8, 4) is 23.0 Å². The van der Waals surface area contributed by atoms with Crippen molar-refractivity contribution >= 4 is 5.91 Å². The summed E-state index contributed by atoms with van der Waals surface area (Å²) in [5.41, 5.74) is 3.15. The third-order valence-corrected chi connectivity index (χ3v) is 8.11. The van der Waals surface area contributed by atoms with Gasteiger partial charge in [-0.05, 0) is 67.9 Å². The van der Waals surface area contributed by atoms with Crippen molar-refractivity contribution in [2.24, 2.45) is 5.92 Å². The van der Waals surface area contributed by atoms with Gasteiger partial charge >= 0.3 is 0 Å². The topological polar surface area (TPSA) is 83.6 Å². The number of rotatable bonds is 4. The number of carbonyl (C=O) groups is 1. The van der Waals surface area contributed by atoms with Crippen LogP contribution in [0.1, 0.15) is 47.2 Å². The summed E-state index contributed by atoms with van der Waals surface area (Å²) in [5.74, 6) is 3.42. The maximum atomic E-state index is 13.1. The largest absolute Gasteiger partial charge is 0.493 e. The molecule has 4 aliphatic rings. The zero-order valence-electron chi connectivity index (χ0n) is 18.4. The number of hydroxylamine groups is 2. The molecule has 2 heterocycles. The Morgan fingerprint density at radius 3 is 2.84 bits per heavy atom. The Hall–Kier alpha value is -2.77. The molecule has 2 bridgehead atoms. The van der Waals surface area contributed by atoms with Gasteiger partial charge in [-0.3, -0.25) is 4.79 Å². The van der Waals surface area contributed by atoms with Crippen molar-refractivity contribution < 1.29 is 24.2 Å². The molecule has 1 amide bonds. The van der Waals surface area contributed by atoms with Crippen LogP contribution in [0.25, 0.3) is 0 Å². The van der Waals surface area contributed by atoms with Gasteiger partial charge in [0.2, 0.25) is 0 Å². The molecule has 2 aromatic rings. The third-order valence-electron chi connectivity index (χ3n) is 8.11. The number of ether oxygens (including phenoxy) is 3. The molecule has 32 heavy (non-hydrogen) atoms. The summed E-state index contributed by atoms with van der Waals surface area (Å²) >= 11 is 0. The number of nitrogens with one attached hydrogen (secondary N) is 1. The number of amides is 1. The molecule has 1 saturated heterocycles. The molecule has 2 fully saturated rings. The van der Waals surface area contributed by atoms with E-state index in [2.05, 4.69) is 17.4 Å². The normalized spacial score (nSPS) is 29.7. The highest BCUT2D eigenvalue weighted by Gasteiger charge is 2.57. The average Bonchev–Trinajstić information content (AvgIpc) is 3.61. The van der Waals surface area contributed by atoms with Crippen molar-refractivity contribution in [1.29, 1.82) is 0 Å². The van der Waals surface area contributed by atoms with Gasteiger partial charge in [-0.25, -0.2) is 0 Å². The first-order valence-electron chi connectivity index (χ1n) is 11.4. The maximum Gasteiger partial charge on any atom is 0.251 e. The van der Waals surface area contributed by atoms with E-state index in [0.29, 0.717) is 29.5 Å². The lowest BCUT2D eigenvalue weighted by atomic mass is 9.52. The Balaban J connectivity index is 1.28. The lowest BCUT2D eigenvalue weighted by Gasteiger charge is -2.58. The van der Waals surface area contributed by atoms with Gasteiger partial charge in [0.15, 0.2) is 23.0 Å². The molecule has 2 aromatic carbocycles. The number of carbonyl (C=O) groups excluding carboxylic acids is 1. The summed E-state index contributed by atoms with van der Waals surface area (Å²) in [5, 5.41) is 15.5. The molecule has 0 radical (unpaired) electrons. The Labute approximate surface area is 187 Å². The second kappa shape index (κ2) is 7.12. The van der Waals surface area contributed by atoms with E-state index in [4.69, 9.17) is 14.2 Å². The van der Waals surface area contributed by atoms with Crippen LogP contribution in [0.15, 0.2) is 30.3 Å². The van der Waals surface area contributed by atoms with Crippen LogP contribution < -0.4 is 19.5 Å². The standard InChI is InChI=1S/C25H28N2O5/c1-30-20-7-3-14(11-22(20)31-2)24(28)26-15-4-5-18-19-12-16-17(6-8-21-23(16)32-21)25(18,13-15)9-10-27(19)29/h3,6-8,11,15,18-19,29H,4-5,9-10,12-13H2,1-2H3,(H,26,28)/t15-,18+,19-,25-/m1/s1. The molecule has 7 heteroatoms. The lowest BCUT2D eigenvalue weighted by Crippen LogP contribution is -2.62. The Bertz CT molecular complexity index is 1100. The van der Waals surface area contributed by atoms with Gasteiger partial charge in [-0.1, -0.05) is 6.07 Å². The van der Waals surface area contributed by atoms with Crippen molar-refractivity contribution in [2.75, 3.05) is 20.8 Å². The van der Waals surface area contributed by atoms with Crippen LogP contribution in [-0.4, -0.2) is 49.0 Å². The molecule has 2 aliphatic heterocycles. The summed E-state index contributed by atoms with van der Waals surface area (Å²) < 4.78 is 16.4. The Morgan fingerprint density at radius 1 is 1.19 bits per heavy atom. The number of fused-ring (bicyclic) bond motifs is 3. The molecule has 2 aliphatic carbocycles. The van der Waals surface area contributed by atoms with E-state index in [-0.39, 0.29) is 23.4 Å². The second-order valence-electron chi connectivity index (χ2n) is 9.49. The first-order valence-corrected chi connectivity index (χ1v) is 11.4. The van der Waals surface area contributed by atoms with Crippen molar-refractivity contribution in [2.45, 2.75) is 49.6 Å². The van der Waals surface area contributed by atoms with Crippen LogP contribution in [0.2, 0.25) is 0 Å². The number of methoxy groups -OCH3 is 2. The summed E-state index contributed by atoms with van der Waals surface area (Å²) in [7, 11) is 3.15. The maximum absolute atomic E-state index is 13.1. The third kappa shape index (κ3) is 2.84. The van der Waals surface area contributed by atoms with Gasteiger partial charge in [0.05, 0.1) is 14.2 Å². The monoisotopic (exact) mass is 436 g/mol. The van der Waals surface area contributed by atoms with Gasteiger partial charge in [-0.2, -0.15) is 5.06 Å². The average molecular weight is 437 g/mol. The number of hydrogen-bond donors (Lipinski definition) is 2. The van der Waals surface area contributed by atoms with Crippen LogP contribution in [0.5, 0.6) is 23.0 Å². The second-order valence-corrected chi connectivity index (χ2v) is 9.49. The molecule has 168 valence electrons. The van der Waals surface area contributed by atoms with Crippen molar-refractivity contribution in [3.05, 3.63) is 47.0 Å². The fraction of sp³-hybridized carbons (Fsp3) is 0.480. The SMILES string of the molecule is COc1ccc(C(=O)N[C@@H]2CC[C@H]3[C@H]4Cc5c(ccc6c5O6)[C@@]3(CCN4O)C2)cc1OC. The summed E-state index contributed by atoms with van der Waals surface area (Å²) in [6.45, 7) is 0.662. The predicted molar refractivity (Wildman–Crippen MR) is 117 cm³/mol. The van der Waals surface area contributed by atoms with E-state index < -0.39 is 0 Å². The number of hydrogen-bond acceptors (Lipinski definition) is 6. The highest BCUT2D eigenvalue weighted by Crippen LogP contribution is 2.61. The van der Waals surface area contributed by atoms with E-state index in [9.17, 15) is 10.0 Å². The molecular weight excluding hydrogens is 408 g/mol. The van der Waals surface area contributed by atoms with E-state index in [1.54, 1.807) is 37.5 Å². The summed E-state index contributed by atoms with van der Waals surface area (Å²) in [4.78, 5) is 13.1. The van der Waals surface area contributed by atoms with E-state index >= 15 is 0 Å². The minimum absolute atomic E-state index is 0.0355. The number of piperidine rings is 1. The molecular formula is C25H28N2O5. The van der Waals surface area contributed by atoms with Crippen molar-refractivity contribution in [3.63, 3.8) is 0 Å². The van der Waals surface area contributed by atoms with Crippen LogP contribution in [-0.2, 0) is 11.8 Å². The van der Waals surface area contributed by atoms with Gasteiger partial charge < -0.3 is 24.7 Å². The van der Waals surface area contributed by atoms with Crippen LogP contribution >= 0.6 is 0 Å². The van der Waals surface area contributed by atoms with E-state index in [1.807, 2.05) is 0 Å². The van der Waals surface area contributed by atoms with Gasteiger partial charge in [0.1, 0.15) is 0 Å². The molecule has 7 nitrogen and oxygen atoms in total. The zero-order chi connectivity index (χ0) is 22.0. The summed E-state index contributed by atoms with van der Waals surface area (Å²) in [6, 6.07) is 9.76. The summed E-state index contributed by atoms with van der Waals surface area (Å²) in [6.07, 6.45) is 4.50. The molecule has 0 aromatic heterocycles. The highest BCUT2D eigenvalue weighted by atomic mass is 16.6.